The van der Waals surface area contributed by atoms with Gasteiger partial charge in [-0.1, -0.05) is 211 Å². The van der Waals surface area contributed by atoms with E-state index in [4.69, 9.17) is 9.47 Å². The predicted octanol–water partition coefficient (Wildman–Crippen LogP) is 15.1. The Morgan fingerprint density at radius 3 is 0.863 bits per heavy atom. The molecule has 0 aliphatic heterocycles. The second-order valence-electron chi connectivity index (χ2n) is 19.4. The van der Waals surface area contributed by atoms with Crippen LogP contribution < -0.4 is 0 Å². The SMILES string of the molecule is CC(C)CCCC(C)CCCC(C)CCCC(C)CCCC(C)CCOC(CO)COCCC(C)CCCC(C)CCCC(C)CCCC(C)C. The second-order valence-corrected chi connectivity index (χ2v) is 19.4. The zero-order valence-electron chi connectivity index (χ0n) is 37.1. The highest BCUT2D eigenvalue weighted by Gasteiger charge is 2.13. The van der Waals surface area contributed by atoms with Crippen molar-refractivity contribution < 1.29 is 14.6 Å². The molecule has 0 aromatic rings. The van der Waals surface area contributed by atoms with Gasteiger partial charge in [0.05, 0.1) is 13.2 Å². The molecule has 0 saturated carbocycles. The third-order valence-electron chi connectivity index (χ3n) is 12.2. The monoisotopic (exact) mass is 723 g/mol. The lowest BCUT2D eigenvalue weighted by Gasteiger charge is -2.19. The fraction of sp³-hybridized carbons (Fsp3) is 1.00. The molecule has 51 heavy (non-hydrogen) atoms. The molecule has 0 bridgehead atoms. The van der Waals surface area contributed by atoms with Gasteiger partial charge in [-0.3, -0.25) is 0 Å². The van der Waals surface area contributed by atoms with Crippen LogP contribution in [0.15, 0.2) is 0 Å². The molecular weight excluding hydrogens is 625 g/mol. The van der Waals surface area contributed by atoms with Crippen molar-refractivity contribution in [2.75, 3.05) is 26.4 Å². The molecule has 308 valence electrons. The highest BCUT2D eigenvalue weighted by molar-refractivity contribution is 4.64. The zero-order chi connectivity index (χ0) is 38.3. The molecule has 8 atom stereocenters. The van der Waals surface area contributed by atoms with E-state index >= 15 is 0 Å². The molecule has 0 aromatic heterocycles. The van der Waals surface area contributed by atoms with Crippen molar-refractivity contribution in [1.82, 2.24) is 0 Å². The Bertz CT molecular complexity index is 707. The summed E-state index contributed by atoms with van der Waals surface area (Å²) < 4.78 is 12.0. The predicted molar refractivity (Wildman–Crippen MR) is 228 cm³/mol. The standard InChI is InChI=1S/C48H98O3/c1-39(2)19-12-21-41(5)23-14-25-43(7)27-16-28-45(9)30-18-32-47(11)34-36-51-48(37-49)38-50-35-33-46(10)31-17-29-44(8)26-15-24-42(6)22-13-20-40(3)4/h39-49H,12-38H2,1-11H3. The summed E-state index contributed by atoms with van der Waals surface area (Å²) in [6, 6.07) is 0. The number of aliphatic hydroxyl groups is 1. The van der Waals surface area contributed by atoms with Crippen LogP contribution in [0.5, 0.6) is 0 Å². The van der Waals surface area contributed by atoms with E-state index < -0.39 is 0 Å². The quantitative estimate of drug-likeness (QED) is 0.0645. The molecule has 0 radical (unpaired) electrons. The molecule has 8 unspecified atom stereocenters. The van der Waals surface area contributed by atoms with Crippen LogP contribution in [0.25, 0.3) is 0 Å². The second kappa shape index (κ2) is 34.4. The normalized spacial score (nSPS) is 17.1. The van der Waals surface area contributed by atoms with Gasteiger partial charge in [0.2, 0.25) is 0 Å². The first kappa shape index (κ1) is 50.9. The molecule has 0 saturated heterocycles. The average Bonchev–Trinajstić information content (AvgIpc) is 3.05. The van der Waals surface area contributed by atoms with Gasteiger partial charge in [-0.05, 0) is 66.1 Å². The Morgan fingerprint density at radius 1 is 0.333 bits per heavy atom. The maximum absolute atomic E-state index is 9.83. The van der Waals surface area contributed by atoms with Crippen LogP contribution in [0.4, 0.5) is 0 Å². The lowest BCUT2D eigenvalue weighted by atomic mass is 9.90. The van der Waals surface area contributed by atoms with Gasteiger partial charge in [0.15, 0.2) is 0 Å². The number of ether oxygens (including phenoxy) is 2. The topological polar surface area (TPSA) is 38.7 Å². The van der Waals surface area contributed by atoms with E-state index in [9.17, 15) is 5.11 Å². The lowest BCUT2D eigenvalue weighted by Crippen LogP contribution is -2.25. The van der Waals surface area contributed by atoms with E-state index in [1.165, 1.54) is 135 Å². The summed E-state index contributed by atoms with van der Waals surface area (Å²) in [5.41, 5.74) is 0. The number of hydrogen-bond donors (Lipinski definition) is 1. The molecule has 1 N–H and O–H groups in total. The van der Waals surface area contributed by atoms with Crippen LogP contribution in [0, 0.1) is 53.3 Å². The van der Waals surface area contributed by atoms with Crippen molar-refractivity contribution in [2.24, 2.45) is 53.3 Å². The summed E-state index contributed by atoms with van der Waals surface area (Å²) in [5, 5.41) is 9.83. The van der Waals surface area contributed by atoms with E-state index in [1.54, 1.807) is 0 Å². The van der Waals surface area contributed by atoms with Gasteiger partial charge in [0.25, 0.3) is 0 Å². The summed E-state index contributed by atoms with van der Waals surface area (Å²) in [7, 11) is 0. The fourth-order valence-electron chi connectivity index (χ4n) is 7.92. The van der Waals surface area contributed by atoms with Gasteiger partial charge in [0.1, 0.15) is 6.10 Å². The van der Waals surface area contributed by atoms with Crippen molar-refractivity contribution >= 4 is 0 Å². The smallest absolute Gasteiger partial charge is 0.104 e. The highest BCUT2D eigenvalue weighted by Crippen LogP contribution is 2.25. The van der Waals surface area contributed by atoms with Crippen molar-refractivity contribution in [3.63, 3.8) is 0 Å². The molecule has 3 heteroatoms. The first-order chi connectivity index (χ1) is 24.3. The van der Waals surface area contributed by atoms with Crippen LogP contribution in [-0.2, 0) is 9.47 Å². The first-order valence-electron chi connectivity index (χ1n) is 23.1. The largest absolute Gasteiger partial charge is 0.394 e. The minimum Gasteiger partial charge on any atom is -0.394 e. The molecule has 0 aromatic carbocycles. The van der Waals surface area contributed by atoms with Gasteiger partial charge in [-0.15, -0.1) is 0 Å². The summed E-state index contributed by atoms with van der Waals surface area (Å²) in [6.07, 6.45) is 31.1. The third kappa shape index (κ3) is 35.3. The van der Waals surface area contributed by atoms with Crippen LogP contribution in [-0.4, -0.2) is 37.6 Å². The Hall–Kier alpha value is -0.120. The molecular formula is C48H98O3. The molecule has 0 aliphatic rings. The van der Waals surface area contributed by atoms with E-state index in [0.29, 0.717) is 18.4 Å². The number of rotatable bonds is 38. The molecule has 0 rings (SSSR count). The highest BCUT2D eigenvalue weighted by atomic mass is 16.5. The number of hydrogen-bond acceptors (Lipinski definition) is 3. The van der Waals surface area contributed by atoms with Crippen molar-refractivity contribution in [1.29, 1.82) is 0 Å². The van der Waals surface area contributed by atoms with Crippen LogP contribution in [0.3, 0.4) is 0 Å². The van der Waals surface area contributed by atoms with Gasteiger partial charge in [-0.2, -0.15) is 0 Å². The van der Waals surface area contributed by atoms with Gasteiger partial charge in [-0.25, -0.2) is 0 Å². The Balaban J connectivity index is 3.79. The van der Waals surface area contributed by atoms with Crippen LogP contribution >= 0.6 is 0 Å². The maximum Gasteiger partial charge on any atom is 0.104 e. The van der Waals surface area contributed by atoms with Crippen molar-refractivity contribution in [2.45, 2.75) is 230 Å². The fourth-order valence-corrected chi connectivity index (χ4v) is 7.92. The van der Waals surface area contributed by atoms with E-state index in [0.717, 1.165) is 67.5 Å². The third-order valence-corrected chi connectivity index (χ3v) is 12.2. The molecule has 0 spiro atoms. The Kier molecular flexibility index (Phi) is 34.3. The summed E-state index contributed by atoms with van der Waals surface area (Å²) >= 11 is 0. The first-order valence-corrected chi connectivity index (χ1v) is 23.1. The minimum absolute atomic E-state index is 0.0479. The lowest BCUT2D eigenvalue weighted by molar-refractivity contribution is -0.0471. The Labute approximate surface area is 323 Å². The van der Waals surface area contributed by atoms with Gasteiger partial charge >= 0.3 is 0 Å². The molecule has 0 heterocycles. The van der Waals surface area contributed by atoms with Crippen LogP contribution in [0.2, 0.25) is 0 Å². The summed E-state index contributed by atoms with van der Waals surface area (Å²) in [4.78, 5) is 0. The summed E-state index contributed by atoms with van der Waals surface area (Å²) in [5.74, 6) is 7.47. The minimum atomic E-state index is -0.188. The van der Waals surface area contributed by atoms with E-state index in [-0.39, 0.29) is 12.7 Å². The van der Waals surface area contributed by atoms with E-state index in [2.05, 4.69) is 76.2 Å². The summed E-state index contributed by atoms with van der Waals surface area (Å²) in [6.45, 7) is 28.5. The molecule has 0 fully saturated rings. The molecule has 0 amide bonds. The zero-order valence-corrected chi connectivity index (χ0v) is 37.1. The van der Waals surface area contributed by atoms with Crippen molar-refractivity contribution in [3.8, 4) is 0 Å². The van der Waals surface area contributed by atoms with Crippen molar-refractivity contribution in [3.05, 3.63) is 0 Å². The van der Waals surface area contributed by atoms with E-state index in [1.807, 2.05) is 0 Å². The molecule has 3 nitrogen and oxygen atoms in total. The van der Waals surface area contributed by atoms with Gasteiger partial charge in [0, 0.05) is 13.2 Å². The van der Waals surface area contributed by atoms with Crippen LogP contribution in [0.1, 0.15) is 224 Å². The number of aliphatic hydroxyl groups excluding tert-OH is 1. The van der Waals surface area contributed by atoms with Gasteiger partial charge < -0.3 is 14.6 Å². The average molecular weight is 723 g/mol. The molecule has 0 aliphatic carbocycles. The maximum atomic E-state index is 9.83. The Morgan fingerprint density at radius 2 is 0.588 bits per heavy atom.